The van der Waals surface area contributed by atoms with Gasteiger partial charge in [-0.3, -0.25) is 0 Å². The Morgan fingerprint density at radius 3 is 2.80 bits per heavy atom. The van der Waals surface area contributed by atoms with Crippen molar-refractivity contribution in [3.8, 4) is 0 Å². The summed E-state index contributed by atoms with van der Waals surface area (Å²) in [5.41, 5.74) is 0. The SMILES string of the molecule is O=S(=O)(NCCCn1ccnc1)c1cnc(Cl)c(Cl)c1. The van der Waals surface area contributed by atoms with Crippen molar-refractivity contribution >= 4 is 33.2 Å². The predicted molar refractivity (Wildman–Crippen MR) is 76.3 cm³/mol. The van der Waals surface area contributed by atoms with Gasteiger partial charge in [-0.05, 0) is 12.5 Å². The van der Waals surface area contributed by atoms with E-state index in [4.69, 9.17) is 23.2 Å². The van der Waals surface area contributed by atoms with E-state index in [0.717, 1.165) is 0 Å². The van der Waals surface area contributed by atoms with Crippen LogP contribution in [0.4, 0.5) is 0 Å². The van der Waals surface area contributed by atoms with Crippen LogP contribution in [0.5, 0.6) is 0 Å². The fraction of sp³-hybridized carbons (Fsp3) is 0.273. The van der Waals surface area contributed by atoms with Gasteiger partial charge in [0, 0.05) is 31.7 Å². The monoisotopic (exact) mass is 334 g/mol. The highest BCUT2D eigenvalue weighted by atomic mass is 35.5. The summed E-state index contributed by atoms with van der Waals surface area (Å²) in [4.78, 5) is 7.61. The Balaban J connectivity index is 1.92. The Hall–Kier alpha value is -1.15. The lowest BCUT2D eigenvalue weighted by Gasteiger charge is -2.07. The molecule has 0 saturated carbocycles. The molecule has 0 aromatic carbocycles. The highest BCUT2D eigenvalue weighted by molar-refractivity contribution is 7.89. The fourth-order valence-electron chi connectivity index (χ4n) is 1.52. The molecule has 20 heavy (non-hydrogen) atoms. The molecule has 0 radical (unpaired) electrons. The Kier molecular flexibility index (Phi) is 4.98. The molecule has 0 aliphatic heterocycles. The minimum absolute atomic E-state index is 0.00506. The summed E-state index contributed by atoms with van der Waals surface area (Å²) in [5.74, 6) is 0. The zero-order valence-corrected chi connectivity index (χ0v) is 12.7. The zero-order valence-electron chi connectivity index (χ0n) is 10.3. The highest BCUT2D eigenvalue weighted by Crippen LogP contribution is 2.21. The minimum atomic E-state index is -3.62. The number of hydrogen-bond donors (Lipinski definition) is 1. The molecule has 0 bridgehead atoms. The molecule has 2 aromatic rings. The van der Waals surface area contributed by atoms with Gasteiger partial charge >= 0.3 is 0 Å². The number of rotatable bonds is 6. The lowest BCUT2D eigenvalue weighted by molar-refractivity contribution is 0.569. The summed E-state index contributed by atoms with van der Waals surface area (Å²) in [6, 6.07) is 1.27. The minimum Gasteiger partial charge on any atom is -0.337 e. The van der Waals surface area contributed by atoms with Crippen molar-refractivity contribution < 1.29 is 8.42 Å². The lowest BCUT2D eigenvalue weighted by atomic mass is 10.4. The summed E-state index contributed by atoms with van der Waals surface area (Å²) in [5, 5.41) is 0.179. The second-order valence-electron chi connectivity index (χ2n) is 4.00. The van der Waals surface area contributed by atoms with Gasteiger partial charge in [-0.1, -0.05) is 23.2 Å². The molecule has 2 heterocycles. The van der Waals surface area contributed by atoms with Crippen LogP contribution in [0.3, 0.4) is 0 Å². The van der Waals surface area contributed by atoms with Gasteiger partial charge in [0.25, 0.3) is 0 Å². The van der Waals surface area contributed by atoms with Gasteiger partial charge in [-0.2, -0.15) is 0 Å². The fourth-order valence-corrected chi connectivity index (χ4v) is 2.90. The van der Waals surface area contributed by atoms with Crippen molar-refractivity contribution in [3.63, 3.8) is 0 Å². The number of hydrogen-bond acceptors (Lipinski definition) is 4. The van der Waals surface area contributed by atoms with Gasteiger partial charge in [0.05, 0.1) is 11.3 Å². The molecule has 0 amide bonds. The Labute approximate surface area is 126 Å². The number of sulfonamides is 1. The van der Waals surface area contributed by atoms with Gasteiger partial charge in [0.15, 0.2) is 0 Å². The first kappa shape index (κ1) is 15.2. The van der Waals surface area contributed by atoms with E-state index in [0.29, 0.717) is 19.5 Å². The van der Waals surface area contributed by atoms with E-state index in [1.54, 1.807) is 12.5 Å². The zero-order chi connectivity index (χ0) is 14.6. The summed E-state index contributed by atoms with van der Waals surface area (Å²) >= 11 is 11.4. The van der Waals surface area contributed by atoms with Gasteiger partial charge < -0.3 is 4.57 Å². The predicted octanol–water partition coefficient (Wildman–Crippen LogP) is 1.95. The average Bonchev–Trinajstić information content (AvgIpc) is 2.91. The van der Waals surface area contributed by atoms with Crippen molar-refractivity contribution in [2.24, 2.45) is 0 Å². The number of nitrogens with one attached hydrogen (secondary N) is 1. The first-order valence-electron chi connectivity index (χ1n) is 5.75. The smallest absolute Gasteiger partial charge is 0.242 e. The summed E-state index contributed by atoms with van der Waals surface area (Å²) < 4.78 is 28.3. The number of aromatic nitrogens is 3. The van der Waals surface area contributed by atoms with Gasteiger partial charge in [0.2, 0.25) is 10.0 Å². The van der Waals surface area contributed by atoms with Crippen LogP contribution in [-0.2, 0) is 16.6 Å². The summed E-state index contributed by atoms with van der Waals surface area (Å²) in [6.07, 6.45) is 6.98. The molecule has 0 atom stereocenters. The van der Waals surface area contributed by atoms with Gasteiger partial charge in [0.1, 0.15) is 10.0 Å². The molecule has 108 valence electrons. The molecular weight excluding hydrogens is 323 g/mol. The second-order valence-corrected chi connectivity index (χ2v) is 6.53. The van der Waals surface area contributed by atoms with Crippen molar-refractivity contribution in [1.29, 1.82) is 0 Å². The van der Waals surface area contributed by atoms with Crippen LogP contribution in [0.15, 0.2) is 35.9 Å². The van der Waals surface area contributed by atoms with Crippen LogP contribution >= 0.6 is 23.2 Å². The van der Waals surface area contributed by atoms with Gasteiger partial charge in [-0.25, -0.2) is 23.1 Å². The van der Waals surface area contributed by atoms with Crippen molar-refractivity contribution in [1.82, 2.24) is 19.3 Å². The quantitative estimate of drug-likeness (QED) is 0.647. The van der Waals surface area contributed by atoms with E-state index < -0.39 is 10.0 Å². The van der Waals surface area contributed by atoms with Crippen LogP contribution in [-0.4, -0.2) is 29.5 Å². The molecule has 2 rings (SSSR count). The van der Waals surface area contributed by atoms with Crippen LogP contribution in [0.2, 0.25) is 10.2 Å². The lowest BCUT2D eigenvalue weighted by Crippen LogP contribution is -2.25. The number of pyridine rings is 1. The maximum absolute atomic E-state index is 12.0. The molecule has 0 fully saturated rings. The first-order chi connectivity index (χ1) is 9.49. The molecule has 0 saturated heterocycles. The first-order valence-corrected chi connectivity index (χ1v) is 7.99. The Bertz CT molecular complexity index is 674. The standard InChI is InChI=1S/C11H12Cl2N4O2S/c12-10-6-9(7-15-11(10)13)20(18,19)16-2-1-4-17-5-3-14-8-17/h3,5-8,16H,1-2,4H2. The summed E-state index contributed by atoms with van der Waals surface area (Å²) in [7, 11) is -3.62. The third-order valence-electron chi connectivity index (χ3n) is 2.53. The van der Waals surface area contributed by atoms with Crippen molar-refractivity contribution in [3.05, 3.63) is 41.2 Å². The van der Waals surface area contributed by atoms with E-state index in [9.17, 15) is 8.42 Å². The molecule has 6 nitrogen and oxygen atoms in total. The van der Waals surface area contributed by atoms with Crippen LogP contribution < -0.4 is 4.72 Å². The second kappa shape index (κ2) is 6.53. The van der Waals surface area contributed by atoms with Crippen molar-refractivity contribution in [2.75, 3.05) is 6.54 Å². The van der Waals surface area contributed by atoms with Crippen LogP contribution in [0.25, 0.3) is 0 Å². The van der Waals surface area contributed by atoms with E-state index in [2.05, 4.69) is 14.7 Å². The van der Waals surface area contributed by atoms with Gasteiger partial charge in [-0.15, -0.1) is 0 Å². The van der Waals surface area contributed by atoms with Crippen LogP contribution in [0, 0.1) is 0 Å². The van der Waals surface area contributed by atoms with Crippen LogP contribution in [0.1, 0.15) is 6.42 Å². The average molecular weight is 335 g/mol. The Morgan fingerprint density at radius 1 is 1.35 bits per heavy atom. The third kappa shape index (κ3) is 3.92. The Morgan fingerprint density at radius 2 is 2.15 bits per heavy atom. The number of nitrogens with zero attached hydrogens (tertiary/aromatic N) is 3. The molecule has 9 heteroatoms. The third-order valence-corrected chi connectivity index (χ3v) is 4.64. The number of aryl methyl sites for hydroxylation is 1. The molecule has 0 aliphatic rings. The number of imidazole rings is 1. The largest absolute Gasteiger partial charge is 0.337 e. The van der Waals surface area contributed by atoms with E-state index in [1.807, 2.05) is 10.8 Å². The molecule has 2 aromatic heterocycles. The molecule has 0 aliphatic carbocycles. The maximum atomic E-state index is 12.0. The van der Waals surface area contributed by atoms with E-state index in [1.165, 1.54) is 12.3 Å². The molecule has 0 spiro atoms. The normalized spacial score (nSPS) is 11.7. The summed E-state index contributed by atoms with van der Waals surface area (Å²) in [6.45, 7) is 0.989. The van der Waals surface area contributed by atoms with Crippen molar-refractivity contribution in [2.45, 2.75) is 17.9 Å². The van der Waals surface area contributed by atoms with E-state index >= 15 is 0 Å². The molecule has 0 unspecified atom stereocenters. The number of halogens is 2. The van der Waals surface area contributed by atoms with E-state index in [-0.39, 0.29) is 15.1 Å². The molecular formula is C11H12Cl2N4O2S. The highest BCUT2D eigenvalue weighted by Gasteiger charge is 2.15. The topological polar surface area (TPSA) is 76.9 Å². The maximum Gasteiger partial charge on any atom is 0.242 e. The molecule has 1 N–H and O–H groups in total.